The van der Waals surface area contributed by atoms with Crippen LogP contribution in [-0.2, 0) is 11.8 Å². The number of ether oxygens (including phenoxy) is 1. The fraction of sp³-hybridized carbons (Fsp3) is 0.375. The van der Waals surface area contributed by atoms with Gasteiger partial charge in [0.05, 0.1) is 36.9 Å². The average molecular weight is 568 g/mol. The summed E-state index contributed by atoms with van der Waals surface area (Å²) in [5.41, 5.74) is 5.18. The van der Waals surface area contributed by atoms with Crippen molar-refractivity contribution in [2.75, 3.05) is 70.5 Å². The maximum absolute atomic E-state index is 14.1. The number of hydrogen-bond acceptors (Lipinski definition) is 7. The van der Waals surface area contributed by atoms with Crippen LogP contribution in [0.4, 0.5) is 5.82 Å². The lowest BCUT2D eigenvalue weighted by Gasteiger charge is -2.35. The summed E-state index contributed by atoms with van der Waals surface area (Å²) in [4.78, 5) is 41.9. The first kappa shape index (κ1) is 27.9. The number of aromatic nitrogens is 3. The lowest BCUT2D eigenvalue weighted by molar-refractivity contribution is 0.0383. The van der Waals surface area contributed by atoms with Crippen LogP contribution in [0.15, 0.2) is 60.9 Å². The van der Waals surface area contributed by atoms with Gasteiger partial charge in [-0.25, -0.2) is 9.97 Å². The number of nitrogens with zero attached hydrogens (tertiary/aromatic N) is 6. The van der Waals surface area contributed by atoms with Gasteiger partial charge in [0, 0.05) is 70.3 Å². The average Bonchev–Trinajstić information content (AvgIpc) is 3.32. The van der Waals surface area contributed by atoms with E-state index in [9.17, 15) is 9.59 Å². The van der Waals surface area contributed by atoms with Crippen LogP contribution in [0.3, 0.4) is 0 Å². The molecule has 6 rings (SSSR count). The van der Waals surface area contributed by atoms with Crippen molar-refractivity contribution in [2.24, 2.45) is 7.05 Å². The van der Waals surface area contributed by atoms with Crippen molar-refractivity contribution < 1.29 is 14.3 Å². The minimum Gasteiger partial charge on any atom is -0.379 e. The van der Waals surface area contributed by atoms with Gasteiger partial charge in [0.15, 0.2) is 0 Å². The molecule has 2 aromatic heterocycles. The lowest BCUT2D eigenvalue weighted by atomic mass is 10.0. The van der Waals surface area contributed by atoms with Crippen LogP contribution < -0.4 is 10.2 Å². The van der Waals surface area contributed by atoms with Crippen LogP contribution in [0.25, 0.3) is 22.2 Å². The number of benzene rings is 2. The number of anilines is 1. The van der Waals surface area contributed by atoms with Crippen LogP contribution in [0.5, 0.6) is 0 Å². The molecule has 10 nitrogen and oxygen atoms in total. The summed E-state index contributed by atoms with van der Waals surface area (Å²) in [6, 6.07) is 16.4. The second kappa shape index (κ2) is 12.3. The van der Waals surface area contributed by atoms with Crippen molar-refractivity contribution in [3.8, 4) is 11.3 Å². The van der Waals surface area contributed by atoms with Gasteiger partial charge >= 0.3 is 0 Å². The highest BCUT2D eigenvalue weighted by Crippen LogP contribution is 2.35. The van der Waals surface area contributed by atoms with E-state index in [-0.39, 0.29) is 11.8 Å². The minimum absolute atomic E-state index is 0.0416. The molecule has 2 amide bonds. The van der Waals surface area contributed by atoms with Gasteiger partial charge in [0.2, 0.25) is 0 Å². The van der Waals surface area contributed by atoms with Crippen molar-refractivity contribution in [3.63, 3.8) is 0 Å². The van der Waals surface area contributed by atoms with Gasteiger partial charge in [-0.05, 0) is 24.6 Å². The van der Waals surface area contributed by atoms with E-state index in [1.807, 2.05) is 30.1 Å². The third kappa shape index (κ3) is 5.73. The van der Waals surface area contributed by atoms with E-state index in [0.717, 1.165) is 66.1 Å². The van der Waals surface area contributed by atoms with Crippen LogP contribution in [0, 0.1) is 6.92 Å². The topological polar surface area (TPSA) is 95.8 Å². The summed E-state index contributed by atoms with van der Waals surface area (Å²) in [5.74, 6) is 0.523. The molecule has 2 fully saturated rings. The van der Waals surface area contributed by atoms with Crippen LogP contribution in [-0.4, -0.2) is 102 Å². The Kier molecular flexibility index (Phi) is 8.16. The predicted molar refractivity (Wildman–Crippen MR) is 163 cm³/mol. The number of fused-ring (bicyclic) bond motifs is 1. The maximum Gasteiger partial charge on any atom is 0.271 e. The van der Waals surface area contributed by atoms with Crippen molar-refractivity contribution in [1.82, 2.24) is 29.7 Å². The number of carbonyl (C=O) groups is 2. The first-order chi connectivity index (χ1) is 20.5. The van der Waals surface area contributed by atoms with Crippen molar-refractivity contribution in [3.05, 3.63) is 77.7 Å². The zero-order chi connectivity index (χ0) is 29.1. The molecule has 2 aliphatic rings. The molecule has 0 atom stereocenters. The lowest BCUT2D eigenvalue weighted by Crippen LogP contribution is -2.49. The number of piperazine rings is 1. The molecule has 0 bridgehead atoms. The molecule has 4 aromatic rings. The van der Waals surface area contributed by atoms with Gasteiger partial charge in [0.25, 0.3) is 11.8 Å². The minimum atomic E-state index is -0.225. The van der Waals surface area contributed by atoms with Crippen LogP contribution in [0.1, 0.15) is 26.4 Å². The van der Waals surface area contributed by atoms with Crippen LogP contribution >= 0.6 is 0 Å². The number of aryl methyl sites for hydroxylation is 2. The monoisotopic (exact) mass is 567 g/mol. The quantitative estimate of drug-likeness (QED) is 0.367. The van der Waals surface area contributed by atoms with E-state index in [1.54, 1.807) is 6.20 Å². The molecule has 0 unspecified atom stereocenters. The van der Waals surface area contributed by atoms with E-state index in [4.69, 9.17) is 4.74 Å². The van der Waals surface area contributed by atoms with E-state index in [2.05, 4.69) is 66.9 Å². The maximum atomic E-state index is 14.1. The molecular weight excluding hydrogens is 530 g/mol. The van der Waals surface area contributed by atoms with Gasteiger partial charge in [-0.3, -0.25) is 14.5 Å². The van der Waals surface area contributed by atoms with Gasteiger partial charge in [0.1, 0.15) is 11.5 Å². The van der Waals surface area contributed by atoms with Crippen LogP contribution in [0.2, 0.25) is 0 Å². The molecule has 10 heteroatoms. The predicted octanol–water partition coefficient (Wildman–Crippen LogP) is 2.97. The second-order valence-corrected chi connectivity index (χ2v) is 10.9. The van der Waals surface area contributed by atoms with Gasteiger partial charge in [-0.1, -0.05) is 42.0 Å². The number of hydrogen-bond donors (Lipinski definition) is 1. The summed E-state index contributed by atoms with van der Waals surface area (Å²) in [6.07, 6.45) is 3.18. The number of morpholine rings is 1. The normalized spacial score (nSPS) is 16.1. The van der Waals surface area contributed by atoms with Crippen molar-refractivity contribution >= 4 is 28.5 Å². The Labute approximate surface area is 245 Å². The van der Waals surface area contributed by atoms with E-state index < -0.39 is 0 Å². The van der Waals surface area contributed by atoms with Gasteiger partial charge in [-0.15, -0.1) is 0 Å². The van der Waals surface area contributed by atoms with E-state index >= 15 is 0 Å². The second-order valence-electron chi connectivity index (χ2n) is 10.9. The third-order valence-corrected chi connectivity index (χ3v) is 8.20. The molecule has 0 saturated carbocycles. The SMILES string of the molecule is Cc1ccc2c(c1)c(C(=O)N1CCN(c3cnc(C(=O)NCCN4CCOCC4)cn3)CC1)c(-c1ccccc1)n2C. The third-order valence-electron chi connectivity index (χ3n) is 8.20. The van der Waals surface area contributed by atoms with E-state index in [1.165, 1.54) is 6.20 Å². The highest BCUT2D eigenvalue weighted by atomic mass is 16.5. The fourth-order valence-corrected chi connectivity index (χ4v) is 5.85. The summed E-state index contributed by atoms with van der Waals surface area (Å²) in [7, 11) is 2.03. The Morgan fingerprint density at radius 2 is 1.69 bits per heavy atom. The number of nitrogens with one attached hydrogen (secondary N) is 1. The zero-order valence-corrected chi connectivity index (χ0v) is 24.3. The Balaban J connectivity index is 1.11. The Hall–Kier alpha value is -4.28. The van der Waals surface area contributed by atoms with Gasteiger partial charge in [-0.2, -0.15) is 0 Å². The molecule has 0 radical (unpaired) electrons. The molecule has 42 heavy (non-hydrogen) atoms. The first-order valence-electron chi connectivity index (χ1n) is 14.6. The zero-order valence-electron chi connectivity index (χ0n) is 24.3. The summed E-state index contributed by atoms with van der Waals surface area (Å²) in [5, 5.41) is 3.91. The summed E-state index contributed by atoms with van der Waals surface area (Å²) in [6.45, 7) is 9.06. The molecule has 2 saturated heterocycles. The molecule has 1 N–H and O–H groups in total. The molecule has 2 aliphatic heterocycles. The Bertz CT molecular complexity index is 1550. The molecule has 0 spiro atoms. The standard InChI is InChI=1S/C32H37N7O3/c1-23-8-9-27-25(20-23)29(30(36(27)2)24-6-4-3-5-7-24)32(41)39-14-12-38(13-15-39)28-22-34-26(21-35-28)31(40)33-10-11-37-16-18-42-19-17-37/h3-9,20-22H,10-19H2,1-2H3,(H,33,40). The summed E-state index contributed by atoms with van der Waals surface area (Å²) >= 11 is 0. The smallest absolute Gasteiger partial charge is 0.271 e. The Morgan fingerprint density at radius 1 is 0.929 bits per heavy atom. The molecule has 0 aliphatic carbocycles. The largest absolute Gasteiger partial charge is 0.379 e. The van der Waals surface area contributed by atoms with E-state index in [0.29, 0.717) is 44.2 Å². The highest BCUT2D eigenvalue weighted by molar-refractivity contribution is 6.13. The molecule has 2 aromatic carbocycles. The molecular formula is C32H37N7O3. The molecule has 218 valence electrons. The number of carbonyl (C=O) groups excluding carboxylic acids is 2. The number of amides is 2. The highest BCUT2D eigenvalue weighted by Gasteiger charge is 2.29. The van der Waals surface area contributed by atoms with Crippen molar-refractivity contribution in [1.29, 1.82) is 0 Å². The molecule has 4 heterocycles. The van der Waals surface area contributed by atoms with Crippen molar-refractivity contribution in [2.45, 2.75) is 6.92 Å². The number of rotatable bonds is 7. The fourth-order valence-electron chi connectivity index (χ4n) is 5.85. The van der Waals surface area contributed by atoms with Gasteiger partial charge < -0.3 is 24.4 Å². The summed E-state index contributed by atoms with van der Waals surface area (Å²) < 4.78 is 7.49. The first-order valence-corrected chi connectivity index (χ1v) is 14.6. The Morgan fingerprint density at radius 3 is 2.40 bits per heavy atom.